The summed E-state index contributed by atoms with van der Waals surface area (Å²) in [5.74, 6) is 2.25. The number of nitrogens with one attached hydrogen (secondary N) is 2. The van der Waals surface area contributed by atoms with Crippen LogP contribution in [0.2, 0.25) is 0 Å². The second-order valence-corrected chi connectivity index (χ2v) is 6.63. The van der Waals surface area contributed by atoms with Crippen molar-refractivity contribution in [2.24, 2.45) is 5.92 Å². The van der Waals surface area contributed by atoms with Gasteiger partial charge < -0.3 is 20.8 Å². The lowest BCUT2D eigenvalue weighted by Gasteiger charge is -2.20. The van der Waals surface area contributed by atoms with Gasteiger partial charge in [0, 0.05) is 17.7 Å². The van der Waals surface area contributed by atoms with Crippen molar-refractivity contribution >= 4 is 17.5 Å². The molecule has 6 nitrogen and oxygen atoms in total. The molecule has 24 heavy (non-hydrogen) atoms. The average molecular weight is 328 g/mol. The third-order valence-corrected chi connectivity index (χ3v) is 4.20. The predicted molar refractivity (Wildman–Crippen MR) is 94.7 cm³/mol. The van der Waals surface area contributed by atoms with Crippen LogP contribution in [-0.2, 0) is 0 Å². The fraction of sp³-hybridized carbons (Fsp3) is 0.444. The number of aromatic nitrogens is 2. The van der Waals surface area contributed by atoms with Crippen LogP contribution in [-0.4, -0.2) is 32.8 Å². The summed E-state index contributed by atoms with van der Waals surface area (Å²) in [6, 6.07) is 8.74. The summed E-state index contributed by atoms with van der Waals surface area (Å²) in [6.07, 6.45) is 2.31. The van der Waals surface area contributed by atoms with E-state index in [1.807, 2.05) is 19.9 Å². The minimum absolute atomic E-state index is 0.0371. The first-order valence-corrected chi connectivity index (χ1v) is 8.37. The highest BCUT2D eigenvalue weighted by Crippen LogP contribution is 2.40. The molecule has 128 valence electrons. The second kappa shape index (κ2) is 7.05. The molecule has 1 heterocycles. The highest BCUT2D eigenvalue weighted by molar-refractivity contribution is 5.58. The molecule has 0 spiro atoms. The molecular formula is C18H24N4O2. The van der Waals surface area contributed by atoms with E-state index in [2.05, 4.69) is 20.6 Å². The number of aliphatic hydroxyl groups is 1. The number of phenolic OH excluding ortho intramolecular Hbond substituents is 1. The summed E-state index contributed by atoms with van der Waals surface area (Å²) in [6.45, 7) is 4.14. The Bertz CT molecular complexity index is 684. The number of aromatic hydroxyl groups is 1. The van der Waals surface area contributed by atoms with Crippen LogP contribution >= 0.6 is 0 Å². The van der Waals surface area contributed by atoms with E-state index in [1.54, 1.807) is 24.3 Å². The molecule has 0 radical (unpaired) electrons. The molecule has 1 aliphatic carbocycles. The third-order valence-electron chi connectivity index (χ3n) is 4.20. The lowest BCUT2D eigenvalue weighted by Crippen LogP contribution is -2.30. The Morgan fingerprint density at radius 1 is 1.17 bits per heavy atom. The zero-order valence-electron chi connectivity index (χ0n) is 14.0. The SMILES string of the molecule is CC(C)[C@H](CO)Nc1nc(Nc2ccc(O)cc2)cc(C2CC2)n1. The molecule has 1 fully saturated rings. The monoisotopic (exact) mass is 328 g/mol. The van der Waals surface area contributed by atoms with Crippen molar-refractivity contribution in [3.05, 3.63) is 36.0 Å². The van der Waals surface area contributed by atoms with Gasteiger partial charge in [0.25, 0.3) is 0 Å². The van der Waals surface area contributed by atoms with Crippen molar-refractivity contribution in [3.63, 3.8) is 0 Å². The van der Waals surface area contributed by atoms with Crippen molar-refractivity contribution in [1.29, 1.82) is 0 Å². The van der Waals surface area contributed by atoms with Gasteiger partial charge in [-0.25, -0.2) is 4.98 Å². The summed E-state index contributed by atoms with van der Waals surface area (Å²) < 4.78 is 0. The molecule has 0 bridgehead atoms. The Hall–Kier alpha value is -2.34. The topological polar surface area (TPSA) is 90.3 Å². The quantitative estimate of drug-likeness (QED) is 0.583. The normalized spacial score (nSPS) is 15.3. The fourth-order valence-corrected chi connectivity index (χ4v) is 2.46. The van der Waals surface area contributed by atoms with Crippen molar-refractivity contribution in [1.82, 2.24) is 9.97 Å². The van der Waals surface area contributed by atoms with E-state index in [4.69, 9.17) is 0 Å². The molecule has 1 atom stereocenters. The first-order valence-electron chi connectivity index (χ1n) is 8.37. The van der Waals surface area contributed by atoms with Gasteiger partial charge >= 0.3 is 0 Å². The first-order chi connectivity index (χ1) is 11.5. The Balaban J connectivity index is 1.83. The Morgan fingerprint density at radius 3 is 2.46 bits per heavy atom. The van der Waals surface area contributed by atoms with E-state index >= 15 is 0 Å². The predicted octanol–water partition coefficient (Wildman–Crippen LogP) is 3.23. The summed E-state index contributed by atoms with van der Waals surface area (Å²) in [5.41, 5.74) is 1.87. The number of nitrogens with zero attached hydrogens (tertiary/aromatic N) is 2. The molecule has 0 unspecified atom stereocenters. The van der Waals surface area contributed by atoms with E-state index in [9.17, 15) is 10.2 Å². The molecular weight excluding hydrogens is 304 g/mol. The number of phenols is 1. The molecule has 0 aliphatic heterocycles. The van der Waals surface area contributed by atoms with E-state index in [1.165, 1.54) is 0 Å². The molecule has 1 aliphatic rings. The molecule has 0 amide bonds. The van der Waals surface area contributed by atoms with Crippen LogP contribution in [0.5, 0.6) is 5.75 Å². The Kier molecular flexibility index (Phi) is 4.85. The fourth-order valence-electron chi connectivity index (χ4n) is 2.46. The standard InChI is InChI=1S/C18H24N4O2/c1-11(2)16(10-23)21-18-20-15(12-3-4-12)9-17(22-18)19-13-5-7-14(24)8-6-13/h5-9,11-12,16,23-24H,3-4,10H2,1-2H3,(H2,19,20,21,22)/t16-/m0/s1. The van der Waals surface area contributed by atoms with Gasteiger partial charge in [-0.2, -0.15) is 4.98 Å². The maximum Gasteiger partial charge on any atom is 0.225 e. The van der Waals surface area contributed by atoms with Crippen LogP contribution in [0.3, 0.4) is 0 Å². The lowest BCUT2D eigenvalue weighted by atomic mass is 10.1. The summed E-state index contributed by atoms with van der Waals surface area (Å²) in [5, 5.41) is 25.4. The van der Waals surface area contributed by atoms with Gasteiger partial charge in [0.15, 0.2) is 0 Å². The van der Waals surface area contributed by atoms with Gasteiger partial charge in [-0.1, -0.05) is 13.8 Å². The Labute approximate surface area is 142 Å². The van der Waals surface area contributed by atoms with Crippen LogP contribution in [0, 0.1) is 5.92 Å². The molecule has 0 saturated heterocycles. The second-order valence-electron chi connectivity index (χ2n) is 6.63. The van der Waals surface area contributed by atoms with Gasteiger partial charge in [0.05, 0.1) is 18.3 Å². The van der Waals surface area contributed by atoms with Crippen molar-refractivity contribution in [2.75, 3.05) is 17.2 Å². The van der Waals surface area contributed by atoms with E-state index in [0.29, 0.717) is 17.7 Å². The van der Waals surface area contributed by atoms with Gasteiger partial charge in [-0.05, 0) is 43.0 Å². The summed E-state index contributed by atoms with van der Waals surface area (Å²) in [7, 11) is 0. The smallest absolute Gasteiger partial charge is 0.225 e. The van der Waals surface area contributed by atoms with Crippen LogP contribution < -0.4 is 10.6 Å². The molecule has 2 aromatic rings. The maximum absolute atomic E-state index is 9.52. The number of anilines is 3. The largest absolute Gasteiger partial charge is 0.508 e. The van der Waals surface area contributed by atoms with E-state index in [-0.39, 0.29) is 24.3 Å². The van der Waals surface area contributed by atoms with Crippen LogP contribution in [0.1, 0.15) is 38.3 Å². The number of hydrogen-bond donors (Lipinski definition) is 4. The molecule has 1 saturated carbocycles. The van der Waals surface area contributed by atoms with Gasteiger partial charge in [-0.3, -0.25) is 0 Å². The molecule has 1 aromatic carbocycles. The first kappa shape index (κ1) is 16.5. The van der Waals surface area contributed by atoms with E-state index < -0.39 is 0 Å². The highest BCUT2D eigenvalue weighted by Gasteiger charge is 2.26. The van der Waals surface area contributed by atoms with Crippen LogP contribution in [0.15, 0.2) is 30.3 Å². The van der Waals surface area contributed by atoms with Gasteiger partial charge in [0.1, 0.15) is 11.6 Å². The Morgan fingerprint density at radius 2 is 1.88 bits per heavy atom. The van der Waals surface area contributed by atoms with Gasteiger partial charge in [-0.15, -0.1) is 0 Å². The highest BCUT2D eigenvalue weighted by atomic mass is 16.3. The minimum Gasteiger partial charge on any atom is -0.508 e. The zero-order valence-corrected chi connectivity index (χ0v) is 14.0. The number of aliphatic hydroxyl groups excluding tert-OH is 1. The van der Waals surface area contributed by atoms with Crippen molar-refractivity contribution < 1.29 is 10.2 Å². The van der Waals surface area contributed by atoms with Crippen LogP contribution in [0.25, 0.3) is 0 Å². The van der Waals surface area contributed by atoms with Crippen molar-refractivity contribution in [3.8, 4) is 5.75 Å². The summed E-state index contributed by atoms with van der Waals surface area (Å²) >= 11 is 0. The number of rotatable bonds is 7. The maximum atomic E-state index is 9.52. The molecule has 3 rings (SSSR count). The van der Waals surface area contributed by atoms with Gasteiger partial charge in [0.2, 0.25) is 5.95 Å². The molecule has 1 aromatic heterocycles. The van der Waals surface area contributed by atoms with E-state index in [0.717, 1.165) is 24.2 Å². The summed E-state index contributed by atoms with van der Waals surface area (Å²) in [4.78, 5) is 9.13. The lowest BCUT2D eigenvalue weighted by molar-refractivity contribution is 0.248. The van der Waals surface area contributed by atoms with Crippen LogP contribution in [0.4, 0.5) is 17.5 Å². The third kappa shape index (κ3) is 4.14. The number of hydrogen-bond acceptors (Lipinski definition) is 6. The average Bonchev–Trinajstić information content (AvgIpc) is 3.39. The minimum atomic E-state index is -0.0824. The van der Waals surface area contributed by atoms with Crippen molar-refractivity contribution in [2.45, 2.75) is 38.6 Å². The molecule has 6 heteroatoms. The zero-order chi connectivity index (χ0) is 17.1. The number of benzene rings is 1. The molecule has 4 N–H and O–H groups in total.